The monoisotopic (exact) mass is 404 g/mol. The molecule has 0 heterocycles. The molecular formula is C21H25ClN2O4. The van der Waals surface area contributed by atoms with Crippen molar-refractivity contribution in [1.82, 2.24) is 4.90 Å². The minimum absolute atomic E-state index is 0.0746. The van der Waals surface area contributed by atoms with Crippen molar-refractivity contribution < 1.29 is 19.1 Å². The van der Waals surface area contributed by atoms with E-state index in [2.05, 4.69) is 5.32 Å². The summed E-state index contributed by atoms with van der Waals surface area (Å²) in [4.78, 5) is 26.7. The van der Waals surface area contributed by atoms with Gasteiger partial charge in [-0.15, -0.1) is 0 Å². The Kier molecular flexibility index (Phi) is 7.29. The Morgan fingerprint density at radius 1 is 1.04 bits per heavy atom. The highest BCUT2D eigenvalue weighted by atomic mass is 35.5. The molecular weight excluding hydrogens is 380 g/mol. The van der Waals surface area contributed by atoms with E-state index in [0.717, 1.165) is 0 Å². The van der Waals surface area contributed by atoms with Crippen molar-refractivity contribution in [1.29, 1.82) is 0 Å². The van der Waals surface area contributed by atoms with Gasteiger partial charge < -0.3 is 19.7 Å². The van der Waals surface area contributed by atoms with E-state index in [1.807, 2.05) is 6.92 Å². The fraction of sp³-hybridized carbons (Fsp3) is 0.333. The van der Waals surface area contributed by atoms with Gasteiger partial charge in [0.1, 0.15) is 11.5 Å². The van der Waals surface area contributed by atoms with E-state index in [9.17, 15) is 9.59 Å². The van der Waals surface area contributed by atoms with E-state index in [-0.39, 0.29) is 18.4 Å². The van der Waals surface area contributed by atoms with Gasteiger partial charge in [-0.1, -0.05) is 11.6 Å². The van der Waals surface area contributed by atoms with Crippen LogP contribution >= 0.6 is 11.6 Å². The molecule has 2 rings (SSSR count). The highest BCUT2D eigenvalue weighted by molar-refractivity contribution is 6.30. The van der Waals surface area contributed by atoms with E-state index in [0.29, 0.717) is 28.8 Å². The smallest absolute Gasteiger partial charge is 0.266 e. The third kappa shape index (κ3) is 5.89. The lowest BCUT2D eigenvalue weighted by Gasteiger charge is -2.31. The normalized spacial score (nSPS) is 10.9. The van der Waals surface area contributed by atoms with Gasteiger partial charge in [0.15, 0.2) is 5.60 Å². The van der Waals surface area contributed by atoms with Gasteiger partial charge in [-0.25, -0.2) is 0 Å². The highest BCUT2D eigenvalue weighted by Gasteiger charge is 2.34. The number of nitrogens with zero attached hydrogens (tertiary/aromatic N) is 1. The molecule has 0 aliphatic heterocycles. The Hall–Kier alpha value is -2.73. The summed E-state index contributed by atoms with van der Waals surface area (Å²) in [5.74, 6) is 0.656. The number of anilines is 1. The Morgan fingerprint density at radius 3 is 2.14 bits per heavy atom. The standard InChI is InChI=1S/C21H25ClN2O4/c1-5-24(14-19(25)23-16-8-12-17(27-4)13-9-16)20(26)21(2,3)28-18-10-6-15(22)7-11-18/h6-13H,5,14H2,1-4H3,(H,23,25). The van der Waals surface area contributed by atoms with Crippen LogP contribution in [0.15, 0.2) is 48.5 Å². The van der Waals surface area contributed by atoms with Crippen LogP contribution in [-0.4, -0.2) is 42.5 Å². The molecule has 0 fully saturated rings. The number of hydrogen-bond acceptors (Lipinski definition) is 4. The molecule has 0 aliphatic carbocycles. The largest absolute Gasteiger partial charge is 0.497 e. The molecule has 0 saturated heterocycles. The molecule has 0 unspecified atom stereocenters. The number of carbonyl (C=O) groups excluding carboxylic acids is 2. The second-order valence-corrected chi connectivity index (χ2v) is 7.10. The topological polar surface area (TPSA) is 67.9 Å². The maximum Gasteiger partial charge on any atom is 0.266 e. The van der Waals surface area contributed by atoms with Crippen LogP contribution in [0.4, 0.5) is 5.69 Å². The summed E-state index contributed by atoms with van der Waals surface area (Å²) in [6.07, 6.45) is 0. The lowest BCUT2D eigenvalue weighted by Crippen LogP contribution is -2.50. The maximum absolute atomic E-state index is 12.9. The molecule has 0 aliphatic rings. The van der Waals surface area contributed by atoms with Gasteiger partial charge in [-0.3, -0.25) is 9.59 Å². The van der Waals surface area contributed by atoms with E-state index in [1.54, 1.807) is 69.5 Å². The fourth-order valence-electron chi connectivity index (χ4n) is 2.60. The molecule has 28 heavy (non-hydrogen) atoms. The molecule has 0 aromatic heterocycles. The van der Waals surface area contributed by atoms with E-state index in [1.165, 1.54) is 4.90 Å². The van der Waals surface area contributed by atoms with E-state index < -0.39 is 5.60 Å². The minimum atomic E-state index is -1.13. The molecule has 0 saturated carbocycles. The summed E-state index contributed by atoms with van der Waals surface area (Å²) >= 11 is 5.88. The predicted octanol–water partition coefficient (Wildman–Crippen LogP) is 3.99. The molecule has 1 N–H and O–H groups in total. The highest BCUT2D eigenvalue weighted by Crippen LogP contribution is 2.22. The van der Waals surface area contributed by atoms with Crippen molar-refractivity contribution in [3.8, 4) is 11.5 Å². The van der Waals surface area contributed by atoms with Crippen LogP contribution in [0.2, 0.25) is 5.02 Å². The summed E-state index contributed by atoms with van der Waals surface area (Å²) in [6.45, 7) is 5.47. The SMILES string of the molecule is CCN(CC(=O)Nc1ccc(OC)cc1)C(=O)C(C)(C)Oc1ccc(Cl)cc1. The Bertz CT molecular complexity index is 804. The van der Waals surface area contributed by atoms with Gasteiger partial charge in [0.2, 0.25) is 5.91 Å². The summed E-state index contributed by atoms with van der Waals surface area (Å²) in [6, 6.07) is 13.8. The zero-order valence-corrected chi connectivity index (χ0v) is 17.2. The van der Waals surface area contributed by atoms with Crippen LogP contribution < -0.4 is 14.8 Å². The summed E-state index contributed by atoms with van der Waals surface area (Å²) in [5, 5.41) is 3.36. The molecule has 2 amide bonds. The quantitative estimate of drug-likeness (QED) is 0.722. The van der Waals surface area contributed by atoms with Gasteiger partial charge in [0.25, 0.3) is 5.91 Å². The first-order valence-electron chi connectivity index (χ1n) is 8.93. The summed E-state index contributed by atoms with van der Waals surface area (Å²) < 4.78 is 10.9. The van der Waals surface area contributed by atoms with Crippen LogP contribution in [0.1, 0.15) is 20.8 Å². The molecule has 2 aromatic carbocycles. The van der Waals surface area contributed by atoms with E-state index in [4.69, 9.17) is 21.1 Å². The van der Waals surface area contributed by atoms with Crippen molar-refractivity contribution in [3.63, 3.8) is 0 Å². The first-order chi connectivity index (χ1) is 13.2. The van der Waals surface area contributed by atoms with Gasteiger partial charge >= 0.3 is 0 Å². The minimum Gasteiger partial charge on any atom is -0.497 e. The van der Waals surface area contributed by atoms with Crippen molar-refractivity contribution in [2.24, 2.45) is 0 Å². The average molecular weight is 405 g/mol. The fourth-order valence-corrected chi connectivity index (χ4v) is 2.72. The van der Waals surface area contributed by atoms with Crippen LogP contribution in [0.25, 0.3) is 0 Å². The molecule has 150 valence electrons. The maximum atomic E-state index is 12.9. The Labute approximate surface area is 170 Å². The van der Waals surface area contributed by atoms with Crippen LogP contribution in [0.3, 0.4) is 0 Å². The molecule has 0 atom stereocenters. The van der Waals surface area contributed by atoms with Crippen LogP contribution in [0, 0.1) is 0 Å². The van der Waals surface area contributed by atoms with Crippen LogP contribution in [0.5, 0.6) is 11.5 Å². The van der Waals surface area contributed by atoms with Gasteiger partial charge in [-0.2, -0.15) is 0 Å². The molecule has 0 radical (unpaired) electrons. The predicted molar refractivity (Wildman–Crippen MR) is 110 cm³/mol. The molecule has 0 bridgehead atoms. The van der Waals surface area contributed by atoms with Crippen LogP contribution in [-0.2, 0) is 9.59 Å². The molecule has 0 spiro atoms. The summed E-state index contributed by atoms with van der Waals surface area (Å²) in [5.41, 5.74) is -0.504. The number of ether oxygens (including phenoxy) is 2. The van der Waals surface area contributed by atoms with Crippen molar-refractivity contribution >= 4 is 29.1 Å². The van der Waals surface area contributed by atoms with Crippen molar-refractivity contribution in [2.75, 3.05) is 25.5 Å². The van der Waals surface area contributed by atoms with E-state index >= 15 is 0 Å². The molecule has 6 nitrogen and oxygen atoms in total. The second-order valence-electron chi connectivity index (χ2n) is 6.66. The zero-order chi connectivity index (χ0) is 20.7. The number of methoxy groups -OCH3 is 1. The number of likely N-dealkylation sites (N-methyl/N-ethyl adjacent to an activating group) is 1. The number of nitrogens with one attached hydrogen (secondary N) is 1. The lowest BCUT2D eigenvalue weighted by molar-refractivity contribution is -0.147. The first-order valence-corrected chi connectivity index (χ1v) is 9.31. The first kappa shape index (κ1) is 21.6. The molecule has 2 aromatic rings. The Balaban J connectivity index is 2.00. The zero-order valence-electron chi connectivity index (χ0n) is 16.5. The number of amides is 2. The number of carbonyl (C=O) groups is 2. The number of hydrogen-bond donors (Lipinski definition) is 1. The third-order valence-electron chi connectivity index (χ3n) is 4.08. The number of halogens is 1. The lowest BCUT2D eigenvalue weighted by atomic mass is 10.1. The second kappa shape index (κ2) is 9.46. The summed E-state index contributed by atoms with van der Waals surface area (Å²) in [7, 11) is 1.58. The van der Waals surface area contributed by atoms with Gasteiger partial charge in [0.05, 0.1) is 13.7 Å². The number of benzene rings is 2. The van der Waals surface area contributed by atoms with Crippen molar-refractivity contribution in [2.45, 2.75) is 26.4 Å². The van der Waals surface area contributed by atoms with Gasteiger partial charge in [0, 0.05) is 17.3 Å². The van der Waals surface area contributed by atoms with Gasteiger partial charge in [-0.05, 0) is 69.3 Å². The third-order valence-corrected chi connectivity index (χ3v) is 4.33. The number of rotatable bonds is 8. The van der Waals surface area contributed by atoms with Crippen molar-refractivity contribution in [3.05, 3.63) is 53.6 Å². The molecule has 7 heteroatoms. The average Bonchev–Trinajstić information content (AvgIpc) is 2.67. The Morgan fingerprint density at radius 2 is 1.61 bits per heavy atom.